The minimum absolute atomic E-state index is 0.150. The first kappa shape index (κ1) is 19.5. The van der Waals surface area contributed by atoms with Crippen LogP contribution in [0.3, 0.4) is 0 Å². The van der Waals surface area contributed by atoms with Crippen LogP contribution in [0.4, 0.5) is 0 Å². The zero-order valence-electron chi connectivity index (χ0n) is 15.7. The van der Waals surface area contributed by atoms with E-state index in [1.165, 1.54) is 6.42 Å². The van der Waals surface area contributed by atoms with Crippen LogP contribution in [-0.4, -0.2) is 36.6 Å². The Balaban J connectivity index is 2.84. The summed E-state index contributed by atoms with van der Waals surface area (Å²) in [6, 6.07) is 0. The molecule has 0 N–H and O–H groups in total. The molecule has 3 heteroatoms. The van der Waals surface area contributed by atoms with E-state index < -0.39 is 0 Å². The van der Waals surface area contributed by atoms with Gasteiger partial charge in [-0.2, -0.15) is 0 Å². The van der Waals surface area contributed by atoms with Crippen molar-refractivity contribution in [3.63, 3.8) is 0 Å². The topological polar surface area (TPSA) is 29.5 Å². The highest BCUT2D eigenvalue weighted by Gasteiger charge is 2.40. The van der Waals surface area contributed by atoms with Gasteiger partial charge in [0.05, 0.1) is 6.10 Å². The predicted molar refractivity (Wildman–Crippen MR) is 92.9 cm³/mol. The maximum atomic E-state index is 12.7. The van der Waals surface area contributed by atoms with Crippen molar-refractivity contribution in [2.24, 2.45) is 17.3 Å². The van der Waals surface area contributed by atoms with Gasteiger partial charge in [-0.05, 0) is 50.4 Å². The van der Waals surface area contributed by atoms with Gasteiger partial charge in [0.25, 0.3) is 0 Å². The van der Waals surface area contributed by atoms with Crippen molar-refractivity contribution in [2.75, 3.05) is 19.7 Å². The molecule has 0 aliphatic carbocycles. The molecule has 0 radical (unpaired) electrons. The molecule has 0 aromatic carbocycles. The third kappa shape index (κ3) is 5.57. The number of hydrogen-bond donors (Lipinski definition) is 0. The van der Waals surface area contributed by atoms with Gasteiger partial charge in [-0.3, -0.25) is 4.79 Å². The zero-order valence-corrected chi connectivity index (χ0v) is 15.7. The highest BCUT2D eigenvalue weighted by molar-refractivity contribution is 5.76. The van der Waals surface area contributed by atoms with E-state index in [-0.39, 0.29) is 5.41 Å². The second kappa shape index (κ2) is 8.90. The first-order chi connectivity index (χ1) is 10.3. The lowest BCUT2D eigenvalue weighted by atomic mass is 9.69. The van der Waals surface area contributed by atoms with Crippen LogP contribution >= 0.6 is 0 Å². The number of hydrogen-bond acceptors (Lipinski definition) is 2. The van der Waals surface area contributed by atoms with Crippen molar-refractivity contribution in [3.05, 3.63) is 0 Å². The lowest BCUT2D eigenvalue weighted by molar-refractivity contribution is -0.138. The number of carbonyl (C=O) groups is 1. The Labute approximate surface area is 137 Å². The highest BCUT2D eigenvalue weighted by atomic mass is 16.5. The molecule has 0 saturated carbocycles. The zero-order chi connectivity index (χ0) is 16.8. The lowest BCUT2D eigenvalue weighted by Crippen LogP contribution is -2.42. The molecule has 0 spiro atoms. The van der Waals surface area contributed by atoms with Gasteiger partial charge >= 0.3 is 0 Å². The van der Waals surface area contributed by atoms with E-state index in [2.05, 4.69) is 41.5 Å². The van der Waals surface area contributed by atoms with Crippen LogP contribution in [-0.2, 0) is 9.53 Å². The van der Waals surface area contributed by atoms with Crippen molar-refractivity contribution >= 4 is 5.91 Å². The molecule has 1 aliphatic heterocycles. The summed E-state index contributed by atoms with van der Waals surface area (Å²) in [6.45, 7) is 15.6. The number of nitrogens with zero attached hydrogens (tertiary/aromatic N) is 1. The molecule has 1 saturated heterocycles. The number of rotatable bonds is 8. The van der Waals surface area contributed by atoms with Crippen molar-refractivity contribution in [1.82, 2.24) is 4.90 Å². The molecule has 1 rings (SSSR count). The third-order valence-corrected chi connectivity index (χ3v) is 5.24. The van der Waals surface area contributed by atoms with Crippen LogP contribution in [0.5, 0.6) is 0 Å². The molecule has 2 atom stereocenters. The van der Waals surface area contributed by atoms with Crippen molar-refractivity contribution in [3.8, 4) is 0 Å². The fraction of sp³-hybridized carbons (Fsp3) is 0.947. The van der Waals surface area contributed by atoms with Crippen LogP contribution in [0.1, 0.15) is 73.6 Å². The minimum Gasteiger partial charge on any atom is -0.378 e. The summed E-state index contributed by atoms with van der Waals surface area (Å²) < 4.78 is 5.97. The number of ether oxygens (including phenoxy) is 1. The molecular weight excluding hydrogens is 274 g/mol. The summed E-state index contributed by atoms with van der Waals surface area (Å²) in [6.07, 6.45) is 5.46. The van der Waals surface area contributed by atoms with Crippen LogP contribution in [0.15, 0.2) is 0 Å². The highest BCUT2D eigenvalue weighted by Crippen LogP contribution is 2.43. The third-order valence-electron chi connectivity index (χ3n) is 5.24. The maximum Gasteiger partial charge on any atom is 0.223 e. The predicted octanol–water partition coefficient (Wildman–Crippen LogP) is 4.50. The molecule has 22 heavy (non-hydrogen) atoms. The smallest absolute Gasteiger partial charge is 0.223 e. The van der Waals surface area contributed by atoms with Crippen LogP contribution in [0.2, 0.25) is 0 Å². The molecule has 0 unspecified atom stereocenters. The van der Waals surface area contributed by atoms with Crippen LogP contribution in [0, 0.1) is 17.3 Å². The fourth-order valence-electron chi connectivity index (χ4n) is 3.52. The standard InChI is InChI=1S/C19H37NO2/c1-7-20(8-2)18(21)14-19(10-9-15(3)4)11-12-22-17(13-19)16(5)6/h15-17H,7-14H2,1-6H3/t17-,19+/m0/s1. The van der Waals surface area contributed by atoms with Gasteiger partial charge in [-0.15, -0.1) is 0 Å². The Kier molecular flexibility index (Phi) is 7.88. The molecule has 0 aromatic rings. The summed E-state index contributed by atoms with van der Waals surface area (Å²) >= 11 is 0. The van der Waals surface area contributed by atoms with E-state index in [1.54, 1.807) is 0 Å². The number of carbonyl (C=O) groups excluding carboxylic acids is 1. The largest absolute Gasteiger partial charge is 0.378 e. The van der Waals surface area contributed by atoms with E-state index in [4.69, 9.17) is 4.74 Å². The van der Waals surface area contributed by atoms with E-state index in [1.807, 2.05) is 4.90 Å². The Morgan fingerprint density at radius 3 is 2.36 bits per heavy atom. The first-order valence-corrected chi connectivity index (χ1v) is 9.23. The molecule has 1 fully saturated rings. The second-order valence-electron chi connectivity index (χ2n) is 7.78. The van der Waals surface area contributed by atoms with Crippen molar-refractivity contribution < 1.29 is 9.53 Å². The second-order valence-corrected chi connectivity index (χ2v) is 7.78. The summed E-state index contributed by atoms with van der Waals surface area (Å²) in [5.41, 5.74) is 0.150. The number of amides is 1. The Morgan fingerprint density at radius 1 is 1.23 bits per heavy atom. The molecule has 1 amide bonds. The Morgan fingerprint density at radius 2 is 1.86 bits per heavy atom. The SMILES string of the molecule is CCN(CC)C(=O)C[C@]1(CCC(C)C)CCO[C@H](C(C)C)C1. The Hall–Kier alpha value is -0.570. The van der Waals surface area contributed by atoms with Gasteiger partial charge in [-0.1, -0.05) is 34.1 Å². The summed E-state index contributed by atoms with van der Waals surface area (Å²) in [5.74, 6) is 1.56. The quantitative estimate of drug-likeness (QED) is 0.660. The van der Waals surface area contributed by atoms with Gasteiger partial charge < -0.3 is 9.64 Å². The normalized spacial score (nSPS) is 25.7. The van der Waals surface area contributed by atoms with Crippen LogP contribution in [0.25, 0.3) is 0 Å². The van der Waals surface area contributed by atoms with E-state index in [0.717, 1.165) is 39.0 Å². The minimum atomic E-state index is 0.150. The summed E-state index contributed by atoms with van der Waals surface area (Å²) in [4.78, 5) is 14.7. The van der Waals surface area contributed by atoms with Gasteiger partial charge in [0.15, 0.2) is 0 Å². The lowest BCUT2D eigenvalue weighted by Gasteiger charge is -2.43. The van der Waals surface area contributed by atoms with E-state index >= 15 is 0 Å². The molecular formula is C19H37NO2. The van der Waals surface area contributed by atoms with Crippen LogP contribution < -0.4 is 0 Å². The van der Waals surface area contributed by atoms with E-state index in [9.17, 15) is 4.79 Å². The van der Waals surface area contributed by atoms with Gasteiger partial charge in [0.2, 0.25) is 5.91 Å². The molecule has 0 aromatic heterocycles. The van der Waals surface area contributed by atoms with Crippen molar-refractivity contribution in [1.29, 1.82) is 0 Å². The maximum absolute atomic E-state index is 12.7. The molecule has 1 heterocycles. The summed E-state index contributed by atoms with van der Waals surface area (Å²) in [5, 5.41) is 0. The van der Waals surface area contributed by atoms with Gasteiger partial charge in [0, 0.05) is 26.1 Å². The molecule has 3 nitrogen and oxygen atoms in total. The first-order valence-electron chi connectivity index (χ1n) is 9.23. The Bertz CT molecular complexity index is 336. The summed E-state index contributed by atoms with van der Waals surface area (Å²) in [7, 11) is 0. The fourth-order valence-corrected chi connectivity index (χ4v) is 3.52. The monoisotopic (exact) mass is 311 g/mol. The average Bonchev–Trinajstić information content (AvgIpc) is 2.46. The van der Waals surface area contributed by atoms with Gasteiger partial charge in [-0.25, -0.2) is 0 Å². The molecule has 0 bridgehead atoms. The van der Waals surface area contributed by atoms with E-state index in [0.29, 0.717) is 30.3 Å². The molecule has 130 valence electrons. The molecule has 1 aliphatic rings. The average molecular weight is 312 g/mol. The van der Waals surface area contributed by atoms with Gasteiger partial charge in [0.1, 0.15) is 0 Å². The van der Waals surface area contributed by atoms with Crippen molar-refractivity contribution in [2.45, 2.75) is 79.8 Å².